The van der Waals surface area contributed by atoms with Gasteiger partial charge in [-0.25, -0.2) is 0 Å². The number of rotatable bonds is 8. The van der Waals surface area contributed by atoms with Crippen molar-refractivity contribution in [1.82, 2.24) is 9.88 Å². The fourth-order valence-electron chi connectivity index (χ4n) is 5.40. The maximum atomic E-state index is 12.4. The fourth-order valence-corrected chi connectivity index (χ4v) is 5.40. The summed E-state index contributed by atoms with van der Waals surface area (Å²) in [6.45, 7) is 8.24. The van der Waals surface area contributed by atoms with E-state index >= 15 is 0 Å². The molecule has 2 aromatic carbocycles. The second kappa shape index (κ2) is 9.38. The molecule has 1 aliphatic rings. The molecule has 3 aromatic rings. The van der Waals surface area contributed by atoms with Gasteiger partial charge in [0, 0.05) is 36.5 Å². The van der Waals surface area contributed by atoms with Crippen LogP contribution in [-0.4, -0.2) is 40.2 Å². The molecule has 2 N–H and O–H groups in total. The van der Waals surface area contributed by atoms with Crippen molar-refractivity contribution in [3.8, 4) is 0 Å². The van der Waals surface area contributed by atoms with E-state index in [1.165, 1.54) is 5.56 Å². The lowest BCUT2D eigenvalue weighted by molar-refractivity contribution is -0.127. The van der Waals surface area contributed by atoms with Crippen LogP contribution < -0.4 is 0 Å². The van der Waals surface area contributed by atoms with Crippen LogP contribution in [0, 0.1) is 5.41 Å². The summed E-state index contributed by atoms with van der Waals surface area (Å²) in [4.78, 5) is 6.79. The summed E-state index contributed by atoms with van der Waals surface area (Å²) in [6, 6.07) is 18.6. The summed E-state index contributed by atoms with van der Waals surface area (Å²) < 4.78 is 0. The molecule has 0 spiro atoms. The van der Waals surface area contributed by atoms with Crippen LogP contribution in [0.1, 0.15) is 60.1 Å². The molecule has 1 saturated heterocycles. The minimum atomic E-state index is -1.12. The molecule has 33 heavy (non-hydrogen) atoms. The number of aromatic nitrogens is 1. The Hall–Kier alpha value is -2.53. The first-order chi connectivity index (χ1) is 15.8. The van der Waals surface area contributed by atoms with Crippen molar-refractivity contribution in [2.45, 2.75) is 51.7 Å². The van der Waals surface area contributed by atoms with Crippen LogP contribution in [0.3, 0.4) is 0 Å². The van der Waals surface area contributed by atoms with Gasteiger partial charge in [0.1, 0.15) is 5.60 Å². The molecule has 4 nitrogen and oxygen atoms in total. The molecule has 0 bridgehead atoms. The monoisotopic (exact) mass is 444 g/mol. The van der Waals surface area contributed by atoms with Crippen LogP contribution in [0.5, 0.6) is 0 Å². The maximum absolute atomic E-state index is 12.4. The van der Waals surface area contributed by atoms with Gasteiger partial charge < -0.3 is 15.1 Å². The predicted molar refractivity (Wildman–Crippen MR) is 133 cm³/mol. The van der Waals surface area contributed by atoms with Crippen LogP contribution in [0.2, 0.25) is 0 Å². The average Bonchev–Trinajstić information content (AvgIpc) is 2.81. The smallest absolute Gasteiger partial charge is 0.124 e. The Morgan fingerprint density at radius 2 is 1.64 bits per heavy atom. The Balaban J connectivity index is 1.68. The third kappa shape index (κ3) is 4.48. The summed E-state index contributed by atoms with van der Waals surface area (Å²) in [7, 11) is 2.09. The minimum Gasteiger partial charge on any atom is -0.392 e. The molecule has 1 aromatic heterocycles. The highest BCUT2D eigenvalue weighted by Crippen LogP contribution is 2.50. The first-order valence-corrected chi connectivity index (χ1v) is 11.9. The zero-order valence-electron chi connectivity index (χ0n) is 20.3. The molecule has 1 unspecified atom stereocenters. The molecule has 1 fully saturated rings. The highest BCUT2D eigenvalue weighted by molar-refractivity contribution is 5.42. The number of nitrogens with zero attached hydrogens (tertiary/aromatic N) is 2. The first kappa shape index (κ1) is 23.6. The molecule has 2 heterocycles. The van der Waals surface area contributed by atoms with Crippen LogP contribution in [0.15, 0.2) is 67.0 Å². The topological polar surface area (TPSA) is 56.6 Å². The number of aliphatic hydroxyl groups excluding tert-OH is 1. The van der Waals surface area contributed by atoms with Gasteiger partial charge in [0.2, 0.25) is 0 Å². The molecule has 4 heteroatoms. The Morgan fingerprint density at radius 1 is 0.970 bits per heavy atom. The van der Waals surface area contributed by atoms with E-state index < -0.39 is 5.60 Å². The van der Waals surface area contributed by atoms with Gasteiger partial charge in [0.25, 0.3) is 0 Å². The Morgan fingerprint density at radius 3 is 2.24 bits per heavy atom. The molecule has 1 atom stereocenters. The second-order valence-electron chi connectivity index (χ2n) is 10.2. The van der Waals surface area contributed by atoms with Gasteiger partial charge in [-0.3, -0.25) is 4.98 Å². The predicted octanol–water partition coefficient (Wildman–Crippen LogP) is 4.67. The zero-order valence-corrected chi connectivity index (χ0v) is 20.3. The summed E-state index contributed by atoms with van der Waals surface area (Å²) in [5.74, 6) is 0.448. The van der Waals surface area contributed by atoms with Gasteiger partial charge in [-0.05, 0) is 59.7 Å². The van der Waals surface area contributed by atoms with Gasteiger partial charge in [0.15, 0.2) is 0 Å². The highest BCUT2D eigenvalue weighted by Gasteiger charge is 2.55. The SMILES string of the molecule is CC(C)c1ccc(C(O)(c2cncc(CCc3ccccc3CO)c2)C2(C)CN(C)C2)cc1. The molecule has 1 aliphatic heterocycles. The Labute approximate surface area is 197 Å². The fraction of sp³-hybridized carbons (Fsp3) is 0.414. The summed E-state index contributed by atoms with van der Waals surface area (Å²) >= 11 is 0. The molecule has 0 aliphatic carbocycles. The third-order valence-electron chi connectivity index (χ3n) is 7.29. The van der Waals surface area contributed by atoms with Gasteiger partial charge in [-0.15, -0.1) is 0 Å². The van der Waals surface area contributed by atoms with Gasteiger partial charge in [-0.1, -0.05) is 69.3 Å². The maximum Gasteiger partial charge on any atom is 0.124 e. The average molecular weight is 445 g/mol. The van der Waals surface area contributed by atoms with E-state index in [2.05, 4.69) is 74.1 Å². The number of likely N-dealkylation sites (tertiary alicyclic amines) is 1. The lowest BCUT2D eigenvalue weighted by Crippen LogP contribution is -2.63. The highest BCUT2D eigenvalue weighted by atomic mass is 16.3. The van der Waals surface area contributed by atoms with E-state index in [0.29, 0.717) is 5.92 Å². The van der Waals surface area contributed by atoms with E-state index in [1.807, 2.05) is 30.6 Å². The molecular formula is C29H36N2O2. The summed E-state index contributed by atoms with van der Waals surface area (Å²) in [6.07, 6.45) is 5.34. The number of benzene rings is 2. The van der Waals surface area contributed by atoms with Crippen LogP contribution >= 0.6 is 0 Å². The largest absolute Gasteiger partial charge is 0.392 e. The third-order valence-corrected chi connectivity index (χ3v) is 7.29. The molecule has 4 rings (SSSR count). The summed E-state index contributed by atoms with van der Waals surface area (Å²) in [5, 5.41) is 22.0. The zero-order chi connectivity index (χ0) is 23.6. The van der Waals surface area contributed by atoms with E-state index in [1.54, 1.807) is 0 Å². The van der Waals surface area contributed by atoms with Crippen LogP contribution in [0.4, 0.5) is 0 Å². The first-order valence-electron chi connectivity index (χ1n) is 11.9. The number of hydrogen-bond donors (Lipinski definition) is 2. The van der Waals surface area contributed by atoms with E-state index in [-0.39, 0.29) is 12.0 Å². The number of pyridine rings is 1. The second-order valence-corrected chi connectivity index (χ2v) is 10.2. The van der Waals surface area contributed by atoms with Crippen molar-refractivity contribution >= 4 is 0 Å². The number of aryl methyl sites for hydroxylation is 2. The Bertz CT molecular complexity index is 1090. The normalized spacial score (nSPS) is 17.5. The molecular weight excluding hydrogens is 408 g/mol. The Kier molecular flexibility index (Phi) is 6.71. The number of aliphatic hydroxyl groups is 2. The van der Waals surface area contributed by atoms with Crippen LogP contribution in [-0.2, 0) is 25.0 Å². The van der Waals surface area contributed by atoms with E-state index in [0.717, 1.165) is 53.7 Å². The standard InChI is InChI=1S/C29H36N2O2/c1-21(2)23-11-13-26(14-12-23)29(33,28(3)19-31(4)20-28)27-15-22(16-30-17-27)9-10-24-7-5-6-8-25(24)18-32/h5-8,11-17,21,32-33H,9-10,18-20H2,1-4H3. The quantitative estimate of drug-likeness (QED) is 0.530. The van der Waals surface area contributed by atoms with Gasteiger partial charge >= 0.3 is 0 Å². The lowest BCUT2D eigenvalue weighted by atomic mass is 9.62. The lowest BCUT2D eigenvalue weighted by Gasteiger charge is -2.56. The van der Waals surface area contributed by atoms with Gasteiger partial charge in [-0.2, -0.15) is 0 Å². The number of hydrogen-bond acceptors (Lipinski definition) is 4. The van der Waals surface area contributed by atoms with Crippen LogP contribution in [0.25, 0.3) is 0 Å². The van der Waals surface area contributed by atoms with Crippen molar-refractivity contribution in [2.75, 3.05) is 20.1 Å². The molecule has 0 amide bonds. The molecule has 0 saturated carbocycles. The van der Waals surface area contributed by atoms with Crippen molar-refractivity contribution < 1.29 is 10.2 Å². The van der Waals surface area contributed by atoms with E-state index in [9.17, 15) is 10.2 Å². The van der Waals surface area contributed by atoms with Crippen molar-refractivity contribution in [3.63, 3.8) is 0 Å². The molecule has 174 valence electrons. The summed E-state index contributed by atoms with van der Waals surface area (Å²) in [5.41, 5.74) is 4.83. The molecule has 0 radical (unpaired) electrons. The van der Waals surface area contributed by atoms with Crippen molar-refractivity contribution in [3.05, 3.63) is 100 Å². The van der Waals surface area contributed by atoms with Crippen molar-refractivity contribution in [2.24, 2.45) is 5.41 Å². The van der Waals surface area contributed by atoms with E-state index in [4.69, 9.17) is 0 Å². The minimum absolute atomic E-state index is 0.0481. The van der Waals surface area contributed by atoms with Crippen molar-refractivity contribution in [1.29, 1.82) is 0 Å². The van der Waals surface area contributed by atoms with Gasteiger partial charge in [0.05, 0.1) is 6.61 Å².